The van der Waals surface area contributed by atoms with Crippen LogP contribution in [0, 0.1) is 0 Å². The molecule has 0 aliphatic heterocycles. The summed E-state index contributed by atoms with van der Waals surface area (Å²) in [5.74, 6) is -4.79. The fraction of sp³-hybridized carbons (Fsp3) is 0.440. The Labute approximate surface area is 234 Å². The number of rotatable bonds is 17. The highest BCUT2D eigenvalue weighted by atomic mass is 32.2. The summed E-state index contributed by atoms with van der Waals surface area (Å²) in [7, 11) is 0. The minimum Gasteiger partial charge on any atom is -0.480 e. The number of hydrogen-bond donors (Lipinski definition) is 8. The van der Waals surface area contributed by atoms with Gasteiger partial charge in [-0.25, -0.2) is 4.79 Å². The molecule has 0 saturated heterocycles. The molecule has 1 heterocycles. The summed E-state index contributed by atoms with van der Waals surface area (Å²) in [4.78, 5) is 76.3. The van der Waals surface area contributed by atoms with Crippen LogP contribution >= 0.6 is 11.8 Å². The first-order chi connectivity index (χ1) is 18.9. The average molecular weight is 578 g/mol. The number of nitrogens with two attached hydrogens (primary N) is 3. The van der Waals surface area contributed by atoms with Gasteiger partial charge in [-0.3, -0.25) is 24.0 Å². The normalized spacial score (nSPS) is 13.9. The summed E-state index contributed by atoms with van der Waals surface area (Å²) in [5, 5.41) is 17.7. The number of carbonyl (C=O) groups excluding carboxylic acids is 5. The molecule has 0 radical (unpaired) electrons. The van der Waals surface area contributed by atoms with Crippen LogP contribution in [0.15, 0.2) is 30.5 Å². The number of carbonyl (C=O) groups is 6. The van der Waals surface area contributed by atoms with E-state index >= 15 is 0 Å². The maximum absolute atomic E-state index is 13.3. The van der Waals surface area contributed by atoms with Crippen LogP contribution in [0.1, 0.15) is 31.2 Å². The molecule has 1 aromatic carbocycles. The molecule has 0 fully saturated rings. The van der Waals surface area contributed by atoms with E-state index in [9.17, 15) is 33.9 Å². The van der Waals surface area contributed by atoms with Crippen LogP contribution in [0.3, 0.4) is 0 Å². The zero-order valence-corrected chi connectivity index (χ0v) is 22.8. The van der Waals surface area contributed by atoms with E-state index in [1.807, 2.05) is 24.5 Å². The Morgan fingerprint density at radius 2 is 1.52 bits per heavy atom. The number of H-pyrrole nitrogens is 1. The highest BCUT2D eigenvalue weighted by Gasteiger charge is 2.31. The number of carboxylic acid groups (broad SMARTS) is 1. The standard InChI is InChI=1S/C25H35N7O7S/c1-40-9-8-17(30-22(35)15(26)6-7-20(27)33)23(36)31-18(24(37)32-19(25(38)39)11-21(28)34)10-13-12-29-16-5-3-2-4-14(13)16/h2-5,12,15,17-19,29H,6-11,26H2,1H3,(H2,27,33)(H2,28,34)(H,30,35)(H,31,36)(H,32,37)(H,38,39). The van der Waals surface area contributed by atoms with Gasteiger partial charge >= 0.3 is 5.97 Å². The van der Waals surface area contributed by atoms with Gasteiger partial charge in [-0.15, -0.1) is 0 Å². The van der Waals surface area contributed by atoms with Crippen molar-refractivity contribution < 1.29 is 33.9 Å². The second-order valence-corrected chi connectivity index (χ2v) is 10.1. The van der Waals surface area contributed by atoms with Gasteiger partial charge in [0.05, 0.1) is 12.5 Å². The molecular weight excluding hydrogens is 542 g/mol. The third-order valence-electron chi connectivity index (χ3n) is 6.03. The van der Waals surface area contributed by atoms with Gasteiger partial charge in [-0.2, -0.15) is 11.8 Å². The number of primary amides is 2. The number of carboxylic acids is 1. The molecule has 40 heavy (non-hydrogen) atoms. The molecule has 4 unspecified atom stereocenters. The van der Waals surface area contributed by atoms with E-state index in [2.05, 4.69) is 20.9 Å². The lowest BCUT2D eigenvalue weighted by Crippen LogP contribution is -2.58. The molecule has 0 saturated carbocycles. The van der Waals surface area contributed by atoms with E-state index < -0.39 is 66.1 Å². The third-order valence-corrected chi connectivity index (χ3v) is 6.68. The van der Waals surface area contributed by atoms with Gasteiger partial charge in [0.2, 0.25) is 29.5 Å². The number of amides is 5. The highest BCUT2D eigenvalue weighted by Crippen LogP contribution is 2.19. The van der Waals surface area contributed by atoms with Crippen molar-refractivity contribution in [3.63, 3.8) is 0 Å². The van der Waals surface area contributed by atoms with E-state index in [4.69, 9.17) is 17.2 Å². The summed E-state index contributed by atoms with van der Waals surface area (Å²) in [6.07, 6.45) is 2.87. The predicted molar refractivity (Wildman–Crippen MR) is 149 cm³/mol. The number of para-hydroxylation sites is 1. The van der Waals surface area contributed by atoms with Crippen LogP contribution in [0.2, 0.25) is 0 Å². The van der Waals surface area contributed by atoms with Crippen molar-refractivity contribution in [2.75, 3.05) is 12.0 Å². The van der Waals surface area contributed by atoms with Crippen molar-refractivity contribution in [3.8, 4) is 0 Å². The SMILES string of the molecule is CSCCC(NC(=O)C(N)CCC(N)=O)C(=O)NC(Cc1c[nH]c2ccccc12)C(=O)NC(CC(N)=O)C(=O)O. The largest absolute Gasteiger partial charge is 0.480 e. The van der Waals surface area contributed by atoms with Gasteiger partial charge in [-0.05, 0) is 36.5 Å². The van der Waals surface area contributed by atoms with E-state index in [1.54, 1.807) is 12.3 Å². The predicted octanol–water partition coefficient (Wildman–Crippen LogP) is -1.53. The third kappa shape index (κ3) is 9.89. The molecule has 4 atom stereocenters. The van der Waals surface area contributed by atoms with Gasteiger partial charge in [-0.1, -0.05) is 18.2 Å². The van der Waals surface area contributed by atoms with E-state index in [0.29, 0.717) is 11.3 Å². The number of aliphatic carboxylic acids is 1. The first-order valence-electron chi connectivity index (χ1n) is 12.4. The lowest BCUT2D eigenvalue weighted by molar-refractivity contribution is -0.143. The number of hydrogen-bond acceptors (Lipinski definition) is 8. The Morgan fingerprint density at radius 3 is 2.15 bits per heavy atom. The van der Waals surface area contributed by atoms with Crippen LogP contribution in [-0.4, -0.2) is 81.8 Å². The van der Waals surface area contributed by atoms with Gasteiger partial charge < -0.3 is 43.2 Å². The van der Waals surface area contributed by atoms with Crippen molar-refractivity contribution in [2.45, 2.75) is 56.3 Å². The molecule has 0 aliphatic rings. The zero-order chi connectivity index (χ0) is 29.8. The van der Waals surface area contributed by atoms with Crippen LogP contribution in [-0.2, 0) is 35.2 Å². The Bertz CT molecular complexity index is 1240. The fourth-order valence-corrected chi connectivity index (χ4v) is 4.36. The number of aromatic amines is 1. The van der Waals surface area contributed by atoms with Gasteiger partial charge in [0, 0.05) is 29.9 Å². The Morgan fingerprint density at radius 1 is 0.900 bits per heavy atom. The van der Waals surface area contributed by atoms with Crippen molar-refractivity contribution >= 4 is 58.2 Å². The smallest absolute Gasteiger partial charge is 0.326 e. The molecule has 14 nitrogen and oxygen atoms in total. The molecule has 218 valence electrons. The first-order valence-corrected chi connectivity index (χ1v) is 13.8. The highest BCUT2D eigenvalue weighted by molar-refractivity contribution is 7.98. The van der Waals surface area contributed by atoms with Crippen LogP contribution in [0.4, 0.5) is 0 Å². The lowest BCUT2D eigenvalue weighted by Gasteiger charge is -2.25. The van der Waals surface area contributed by atoms with Gasteiger partial charge in [0.15, 0.2) is 0 Å². The fourth-order valence-electron chi connectivity index (χ4n) is 3.89. The van der Waals surface area contributed by atoms with Crippen LogP contribution < -0.4 is 33.2 Å². The lowest BCUT2D eigenvalue weighted by atomic mass is 10.0. The number of aromatic nitrogens is 1. The molecule has 2 rings (SSSR count). The minimum atomic E-state index is -1.61. The van der Waals surface area contributed by atoms with Crippen molar-refractivity contribution in [1.82, 2.24) is 20.9 Å². The summed E-state index contributed by atoms with van der Waals surface area (Å²) in [5.41, 5.74) is 17.5. The first kappa shape index (κ1) is 32.1. The molecule has 2 aromatic rings. The Kier molecular flexibility index (Phi) is 12.4. The quantitative estimate of drug-likeness (QED) is 0.108. The molecule has 0 bridgehead atoms. The van der Waals surface area contributed by atoms with Crippen molar-refractivity contribution in [3.05, 3.63) is 36.0 Å². The van der Waals surface area contributed by atoms with Gasteiger partial charge in [0.25, 0.3) is 0 Å². The molecule has 11 N–H and O–H groups in total. The maximum Gasteiger partial charge on any atom is 0.326 e. The maximum atomic E-state index is 13.3. The van der Waals surface area contributed by atoms with E-state index in [0.717, 1.165) is 10.9 Å². The Hall–Kier alpha value is -4.11. The molecule has 1 aromatic heterocycles. The van der Waals surface area contributed by atoms with Crippen molar-refractivity contribution in [1.29, 1.82) is 0 Å². The topological polar surface area (TPSA) is 253 Å². The summed E-state index contributed by atoms with van der Waals surface area (Å²) < 4.78 is 0. The number of nitrogens with one attached hydrogen (secondary N) is 4. The van der Waals surface area contributed by atoms with Crippen molar-refractivity contribution in [2.24, 2.45) is 17.2 Å². The zero-order valence-electron chi connectivity index (χ0n) is 22.0. The molecule has 5 amide bonds. The van der Waals surface area contributed by atoms with Crippen LogP contribution in [0.25, 0.3) is 10.9 Å². The summed E-state index contributed by atoms with van der Waals surface area (Å²) in [6, 6.07) is 2.21. The molecular formula is C25H35N7O7S. The Balaban J connectivity index is 2.29. The average Bonchev–Trinajstić information content (AvgIpc) is 3.30. The van der Waals surface area contributed by atoms with Gasteiger partial charge in [0.1, 0.15) is 18.1 Å². The van der Waals surface area contributed by atoms with Crippen LogP contribution in [0.5, 0.6) is 0 Å². The second-order valence-electron chi connectivity index (χ2n) is 9.15. The molecule has 15 heteroatoms. The summed E-state index contributed by atoms with van der Waals surface area (Å²) >= 11 is 1.43. The molecule has 0 aliphatic carbocycles. The minimum absolute atomic E-state index is 0.0138. The number of benzene rings is 1. The number of thioether (sulfide) groups is 1. The monoisotopic (exact) mass is 577 g/mol. The van der Waals surface area contributed by atoms with E-state index in [1.165, 1.54) is 11.8 Å². The second kappa shape index (κ2) is 15.5. The summed E-state index contributed by atoms with van der Waals surface area (Å²) in [6.45, 7) is 0. The van der Waals surface area contributed by atoms with E-state index in [-0.39, 0.29) is 25.7 Å². The number of fused-ring (bicyclic) bond motifs is 1. The molecule has 0 spiro atoms.